The maximum Gasteiger partial charge on any atom is 0.355 e. The van der Waals surface area contributed by atoms with Gasteiger partial charge in [-0.25, -0.2) is 15.6 Å². The van der Waals surface area contributed by atoms with E-state index in [2.05, 4.69) is 21.1 Å². The van der Waals surface area contributed by atoms with Gasteiger partial charge in [0.1, 0.15) is 23.0 Å². The van der Waals surface area contributed by atoms with E-state index in [-0.39, 0.29) is 11.6 Å². The lowest BCUT2D eigenvalue weighted by atomic mass is 10.1. The van der Waals surface area contributed by atoms with Crippen LogP contribution in [0.1, 0.15) is 46.1 Å². The third kappa shape index (κ3) is 6.09. The van der Waals surface area contributed by atoms with E-state index < -0.39 is 6.03 Å². The minimum Gasteiger partial charge on any atom is -0.455 e. The summed E-state index contributed by atoms with van der Waals surface area (Å²) in [6.45, 7) is 3.01. The molecule has 0 saturated carbocycles. The molecule has 0 saturated heterocycles. The van der Waals surface area contributed by atoms with Gasteiger partial charge in [-0.15, -0.1) is 0 Å². The molecule has 2 amide bonds. The lowest BCUT2D eigenvalue weighted by Gasteiger charge is -2.00. The second kappa shape index (κ2) is 10.9. The maximum absolute atomic E-state index is 11.9. The smallest absolute Gasteiger partial charge is 0.355 e. The summed E-state index contributed by atoms with van der Waals surface area (Å²) in [5.74, 6) is 1.90. The highest BCUT2D eigenvalue weighted by Gasteiger charge is 2.08. The van der Waals surface area contributed by atoms with Crippen LogP contribution in [0.5, 0.6) is 0 Å². The average Bonchev–Trinajstić information content (AvgIpc) is 3.54. The first kappa shape index (κ1) is 24.1. The first-order chi connectivity index (χ1) is 17.4. The van der Waals surface area contributed by atoms with E-state index in [4.69, 9.17) is 8.83 Å². The van der Waals surface area contributed by atoms with Crippen molar-refractivity contribution in [1.29, 1.82) is 0 Å². The summed E-state index contributed by atoms with van der Waals surface area (Å²) in [6, 6.07) is 20.4. The van der Waals surface area contributed by atoms with Gasteiger partial charge >= 0.3 is 6.03 Å². The van der Waals surface area contributed by atoms with Crippen molar-refractivity contribution in [3.8, 4) is 22.6 Å². The molecule has 180 valence electrons. The molecule has 4 rings (SSSR count). The molecule has 2 aromatic carbocycles. The van der Waals surface area contributed by atoms with E-state index in [1.165, 1.54) is 26.3 Å². The van der Waals surface area contributed by atoms with Gasteiger partial charge in [-0.2, -0.15) is 10.2 Å². The Labute approximate surface area is 206 Å². The van der Waals surface area contributed by atoms with Crippen LogP contribution in [0.25, 0.3) is 22.6 Å². The molecule has 9 heteroatoms. The molecule has 2 heterocycles. The minimum atomic E-state index is -0.663. The summed E-state index contributed by atoms with van der Waals surface area (Å²) in [4.78, 5) is 35.0. The summed E-state index contributed by atoms with van der Waals surface area (Å²) in [6.07, 6.45) is 2.69. The quantitative estimate of drug-likeness (QED) is 0.201. The van der Waals surface area contributed by atoms with Crippen LogP contribution >= 0.6 is 0 Å². The number of urea groups is 1. The molecule has 0 spiro atoms. The van der Waals surface area contributed by atoms with Gasteiger partial charge in [0.05, 0.1) is 12.4 Å². The fourth-order valence-electron chi connectivity index (χ4n) is 3.27. The largest absolute Gasteiger partial charge is 0.455 e. The molecule has 2 aromatic heterocycles. The number of carbonyl (C=O) groups is 3. The molecule has 0 unspecified atom stereocenters. The number of amides is 2. The van der Waals surface area contributed by atoms with E-state index in [0.29, 0.717) is 34.2 Å². The van der Waals surface area contributed by atoms with Crippen molar-refractivity contribution in [1.82, 2.24) is 10.9 Å². The van der Waals surface area contributed by atoms with Gasteiger partial charge in [0, 0.05) is 22.3 Å². The predicted molar refractivity (Wildman–Crippen MR) is 135 cm³/mol. The molecule has 2 N–H and O–H groups in total. The van der Waals surface area contributed by atoms with Crippen LogP contribution in [0, 0.1) is 0 Å². The Morgan fingerprint density at radius 3 is 1.53 bits per heavy atom. The van der Waals surface area contributed by atoms with Crippen LogP contribution in [-0.4, -0.2) is 30.0 Å². The van der Waals surface area contributed by atoms with Crippen molar-refractivity contribution in [3.63, 3.8) is 0 Å². The number of hydrazone groups is 2. The molecule has 4 aromatic rings. The lowest BCUT2D eigenvalue weighted by molar-refractivity contribution is 0.100. The standard InChI is InChI=1S/C27H22N4O5/c1-17(32)19-5-3-7-21(13-19)25-11-9-23(35-25)15-28-30-27(34)31-29-16-24-10-12-26(36-24)22-8-4-6-20(14-22)18(2)33/h3-16H,1-2H3,(H2,30,31,34). The Kier molecular flexibility index (Phi) is 7.30. The summed E-state index contributed by atoms with van der Waals surface area (Å²) in [5.41, 5.74) is 7.25. The third-order valence-corrected chi connectivity index (χ3v) is 5.08. The van der Waals surface area contributed by atoms with Crippen molar-refractivity contribution in [2.75, 3.05) is 0 Å². The molecule has 0 radical (unpaired) electrons. The van der Waals surface area contributed by atoms with Crippen LogP contribution in [0.3, 0.4) is 0 Å². The number of hydrogen-bond acceptors (Lipinski definition) is 7. The molecule has 36 heavy (non-hydrogen) atoms. The van der Waals surface area contributed by atoms with Gasteiger partial charge < -0.3 is 8.83 Å². The first-order valence-electron chi connectivity index (χ1n) is 10.9. The first-order valence-corrected chi connectivity index (χ1v) is 10.9. The van der Waals surface area contributed by atoms with Gasteiger partial charge in [-0.1, -0.05) is 36.4 Å². The molecule has 0 aliphatic heterocycles. The summed E-state index contributed by atoms with van der Waals surface area (Å²) >= 11 is 0. The van der Waals surface area contributed by atoms with Gasteiger partial charge in [0.25, 0.3) is 0 Å². The maximum atomic E-state index is 11.9. The van der Waals surface area contributed by atoms with E-state index in [1.807, 2.05) is 12.1 Å². The van der Waals surface area contributed by atoms with Crippen molar-refractivity contribution < 1.29 is 23.2 Å². The van der Waals surface area contributed by atoms with Crippen molar-refractivity contribution >= 4 is 30.0 Å². The molecule has 0 bridgehead atoms. The van der Waals surface area contributed by atoms with E-state index in [1.54, 1.807) is 60.7 Å². The molecule has 0 fully saturated rings. The van der Waals surface area contributed by atoms with Crippen LogP contribution in [-0.2, 0) is 0 Å². The zero-order chi connectivity index (χ0) is 25.5. The molecule has 9 nitrogen and oxygen atoms in total. The Morgan fingerprint density at radius 2 is 1.11 bits per heavy atom. The molecular weight excluding hydrogens is 460 g/mol. The number of benzene rings is 2. The van der Waals surface area contributed by atoms with Gasteiger partial charge in [0.2, 0.25) is 0 Å². The summed E-state index contributed by atoms with van der Waals surface area (Å²) in [5, 5.41) is 7.65. The zero-order valence-corrected chi connectivity index (χ0v) is 19.5. The minimum absolute atomic E-state index is 0.0324. The van der Waals surface area contributed by atoms with Crippen molar-refractivity contribution in [2.24, 2.45) is 10.2 Å². The number of furan rings is 2. The monoisotopic (exact) mass is 482 g/mol. The fourth-order valence-corrected chi connectivity index (χ4v) is 3.27. The molecule has 0 atom stereocenters. The van der Waals surface area contributed by atoms with Crippen LogP contribution < -0.4 is 10.9 Å². The van der Waals surface area contributed by atoms with Gasteiger partial charge in [-0.3, -0.25) is 9.59 Å². The van der Waals surface area contributed by atoms with Crippen LogP contribution in [0.4, 0.5) is 4.79 Å². The number of rotatable bonds is 8. The number of nitrogens with zero attached hydrogens (tertiary/aromatic N) is 2. The van der Waals surface area contributed by atoms with Crippen molar-refractivity contribution in [2.45, 2.75) is 13.8 Å². The van der Waals surface area contributed by atoms with Crippen molar-refractivity contribution in [3.05, 3.63) is 95.4 Å². The Bertz CT molecular complexity index is 1370. The van der Waals surface area contributed by atoms with E-state index in [0.717, 1.165) is 11.1 Å². The molecule has 0 aliphatic rings. The number of carbonyl (C=O) groups excluding carboxylic acids is 3. The highest BCUT2D eigenvalue weighted by molar-refractivity contribution is 5.95. The predicted octanol–water partition coefficient (Wildman–Crippen LogP) is 5.28. The van der Waals surface area contributed by atoms with Crippen LogP contribution in [0.2, 0.25) is 0 Å². The van der Waals surface area contributed by atoms with E-state index >= 15 is 0 Å². The highest BCUT2D eigenvalue weighted by atomic mass is 16.3. The summed E-state index contributed by atoms with van der Waals surface area (Å²) < 4.78 is 11.4. The number of ketones is 2. The third-order valence-electron chi connectivity index (χ3n) is 5.08. The zero-order valence-electron chi connectivity index (χ0n) is 19.5. The highest BCUT2D eigenvalue weighted by Crippen LogP contribution is 2.24. The number of nitrogens with one attached hydrogen (secondary N) is 2. The SMILES string of the molecule is CC(=O)c1cccc(-c2ccc(C=NNC(=O)NN=Cc3ccc(-c4cccc(C(C)=O)c4)o3)o2)c1. The van der Waals surface area contributed by atoms with Gasteiger partial charge in [-0.05, 0) is 50.2 Å². The van der Waals surface area contributed by atoms with Crippen LogP contribution in [0.15, 0.2) is 91.8 Å². The Hall–Kier alpha value is -5.05. The van der Waals surface area contributed by atoms with Gasteiger partial charge in [0.15, 0.2) is 11.6 Å². The Morgan fingerprint density at radius 1 is 0.667 bits per heavy atom. The lowest BCUT2D eigenvalue weighted by Crippen LogP contribution is -2.28. The average molecular weight is 482 g/mol. The number of Topliss-reactive ketones (excluding diaryl/α,β-unsaturated/α-hetero) is 2. The normalized spacial score (nSPS) is 11.2. The second-order valence-electron chi connectivity index (χ2n) is 7.75. The Balaban J connectivity index is 1.29. The molecule has 0 aliphatic carbocycles. The fraction of sp³-hybridized carbons (Fsp3) is 0.0741. The molecular formula is C27H22N4O5. The summed E-state index contributed by atoms with van der Waals surface area (Å²) in [7, 11) is 0. The van der Waals surface area contributed by atoms with E-state index in [9.17, 15) is 14.4 Å². The number of hydrogen-bond donors (Lipinski definition) is 2. The second-order valence-corrected chi connectivity index (χ2v) is 7.75. The topological polar surface area (TPSA) is 126 Å².